The van der Waals surface area contributed by atoms with Gasteiger partial charge in [0.2, 0.25) is 11.8 Å². The Morgan fingerprint density at radius 2 is 2.05 bits per heavy atom. The number of aryl methyl sites for hydroxylation is 1. The normalized spacial score (nSPS) is 22.2. The van der Waals surface area contributed by atoms with Crippen molar-refractivity contribution in [2.24, 2.45) is 0 Å². The molecule has 1 atom stereocenters. The molecule has 37 heavy (non-hydrogen) atoms. The zero-order valence-corrected chi connectivity index (χ0v) is 21.4. The minimum atomic E-state index is -0.0275. The predicted octanol–water partition coefficient (Wildman–Crippen LogP) is 3.41. The van der Waals surface area contributed by atoms with Crippen LogP contribution in [-0.2, 0) is 16.0 Å². The van der Waals surface area contributed by atoms with Crippen molar-refractivity contribution in [3.05, 3.63) is 48.3 Å². The van der Waals surface area contributed by atoms with Gasteiger partial charge in [-0.05, 0) is 63.3 Å². The lowest BCUT2D eigenvalue weighted by Gasteiger charge is -2.41. The van der Waals surface area contributed by atoms with Gasteiger partial charge in [0.15, 0.2) is 5.65 Å². The Bertz CT molecular complexity index is 1310. The highest BCUT2D eigenvalue weighted by atomic mass is 16.5. The molecule has 0 bridgehead atoms. The van der Waals surface area contributed by atoms with Gasteiger partial charge >= 0.3 is 0 Å². The minimum Gasteiger partial charge on any atom is -0.489 e. The molecule has 196 valence electrons. The zero-order valence-electron chi connectivity index (χ0n) is 21.4. The van der Waals surface area contributed by atoms with Crippen molar-refractivity contribution in [2.75, 3.05) is 38.1 Å². The number of piperazine rings is 1. The van der Waals surface area contributed by atoms with Crippen LogP contribution in [0.25, 0.3) is 11.0 Å². The molecule has 1 unspecified atom stereocenters. The third-order valence-electron chi connectivity index (χ3n) is 8.28. The molecule has 6 rings (SSSR count). The molecular weight excluding hydrogens is 468 g/mol. The first-order chi connectivity index (χ1) is 18.0. The van der Waals surface area contributed by atoms with E-state index in [0.717, 1.165) is 74.0 Å². The van der Waals surface area contributed by atoms with Crippen LogP contribution in [0.1, 0.15) is 45.5 Å². The molecule has 1 N–H and O–H groups in total. The van der Waals surface area contributed by atoms with Crippen molar-refractivity contribution in [1.29, 1.82) is 0 Å². The number of ether oxygens (including phenoxy) is 1. The number of likely N-dealkylation sites (N-methyl/N-ethyl adjacent to an activating group) is 1. The first-order valence-electron chi connectivity index (χ1n) is 13.3. The Morgan fingerprint density at radius 1 is 1.19 bits per heavy atom. The number of carbonyl (C=O) groups excluding carboxylic acids is 2. The fourth-order valence-electron chi connectivity index (χ4n) is 5.76. The number of carbonyl (C=O) groups is 2. The minimum absolute atomic E-state index is 0. The van der Waals surface area contributed by atoms with E-state index in [1.54, 1.807) is 17.3 Å². The summed E-state index contributed by atoms with van der Waals surface area (Å²) in [6, 6.07) is 9.93. The average Bonchev–Trinajstić information content (AvgIpc) is 3.52. The van der Waals surface area contributed by atoms with Gasteiger partial charge in [0.25, 0.3) is 0 Å². The summed E-state index contributed by atoms with van der Waals surface area (Å²) in [6.07, 6.45) is 9.15. The molecule has 1 spiro atoms. The van der Waals surface area contributed by atoms with E-state index in [1.165, 1.54) is 0 Å². The van der Waals surface area contributed by atoms with Gasteiger partial charge < -0.3 is 14.5 Å². The molecule has 1 aliphatic carbocycles. The summed E-state index contributed by atoms with van der Waals surface area (Å²) < 4.78 is 6.33. The van der Waals surface area contributed by atoms with Crippen LogP contribution < -0.4 is 9.64 Å². The van der Waals surface area contributed by atoms with Crippen LogP contribution in [0.15, 0.2) is 42.7 Å². The van der Waals surface area contributed by atoms with Crippen LogP contribution in [0, 0.1) is 0 Å². The lowest BCUT2D eigenvalue weighted by Crippen LogP contribution is -2.56. The number of para-hydroxylation sites is 1. The lowest BCUT2D eigenvalue weighted by atomic mass is 9.98. The first-order valence-corrected chi connectivity index (χ1v) is 13.3. The predicted molar refractivity (Wildman–Crippen MR) is 143 cm³/mol. The number of nitrogens with zero attached hydrogens (tertiary/aromatic N) is 5. The molecule has 9 nitrogen and oxygen atoms in total. The number of aromatic amines is 1. The number of nitrogens with one attached hydrogen (secondary N) is 1. The van der Waals surface area contributed by atoms with Crippen LogP contribution in [-0.4, -0.2) is 81.7 Å². The molecule has 1 aromatic carbocycles. The Labute approximate surface area is 218 Å². The molecule has 9 heteroatoms. The van der Waals surface area contributed by atoms with Gasteiger partial charge in [0.05, 0.1) is 18.5 Å². The second kappa shape index (κ2) is 9.78. The highest BCUT2D eigenvalue weighted by Crippen LogP contribution is 2.43. The van der Waals surface area contributed by atoms with Crippen molar-refractivity contribution in [3.63, 3.8) is 0 Å². The van der Waals surface area contributed by atoms with E-state index in [-0.39, 0.29) is 31.4 Å². The summed E-state index contributed by atoms with van der Waals surface area (Å²) in [5.41, 5.74) is 2.81. The highest BCUT2D eigenvalue weighted by molar-refractivity contribution is 5.99. The number of aromatic nitrogens is 3. The molecule has 4 heterocycles. The van der Waals surface area contributed by atoms with E-state index in [9.17, 15) is 9.59 Å². The monoisotopic (exact) mass is 504 g/mol. The molecule has 0 radical (unpaired) electrons. The Balaban J connectivity index is 0.00000294. The smallest absolute Gasteiger partial charge is 0.242 e. The molecular formula is C28H36N6O3. The van der Waals surface area contributed by atoms with E-state index in [2.05, 4.69) is 33.2 Å². The van der Waals surface area contributed by atoms with Gasteiger partial charge in [0.1, 0.15) is 12.3 Å². The molecule has 1 saturated carbocycles. The van der Waals surface area contributed by atoms with Crippen LogP contribution in [0.3, 0.4) is 0 Å². The van der Waals surface area contributed by atoms with Gasteiger partial charge in [0, 0.05) is 44.1 Å². The SMILES string of the molecule is CN1CCN(C(=O)CN2C(=O)CCCC(Oc3cnc4[nH]ncc4c3)CCc3ccccc32)CC12CC2.[HH]. The summed E-state index contributed by atoms with van der Waals surface area (Å²) in [5.74, 6) is 0.754. The summed E-state index contributed by atoms with van der Waals surface area (Å²) in [7, 11) is 2.16. The number of benzene rings is 1. The summed E-state index contributed by atoms with van der Waals surface area (Å²) in [4.78, 5) is 37.3. The second-order valence-corrected chi connectivity index (χ2v) is 10.7. The van der Waals surface area contributed by atoms with Gasteiger partial charge in [-0.2, -0.15) is 5.10 Å². The maximum Gasteiger partial charge on any atom is 0.242 e. The standard InChI is InChI=1S/C28H34N6O3.H2/c1-32-13-14-33(19-28(32)11-12-28)26(36)18-34-24-7-3-2-5-20(24)9-10-22(6-4-8-25(34)35)37-23-15-21-16-30-31-27(21)29-17-23;/h2-3,5,7,15-17,22H,4,6,8-14,18-19H2,1H3,(H,29,30,31);1H. The van der Waals surface area contributed by atoms with Crippen molar-refractivity contribution < 1.29 is 15.8 Å². The molecule has 3 aromatic rings. The van der Waals surface area contributed by atoms with Gasteiger partial charge in [-0.1, -0.05) is 18.2 Å². The van der Waals surface area contributed by atoms with E-state index in [0.29, 0.717) is 18.6 Å². The van der Waals surface area contributed by atoms with Crippen molar-refractivity contribution in [3.8, 4) is 5.75 Å². The summed E-state index contributed by atoms with van der Waals surface area (Å²) >= 11 is 0. The fourth-order valence-corrected chi connectivity index (χ4v) is 5.76. The summed E-state index contributed by atoms with van der Waals surface area (Å²) in [5, 5.41) is 7.80. The largest absolute Gasteiger partial charge is 0.489 e. The molecule has 3 aliphatic rings. The van der Waals surface area contributed by atoms with Crippen LogP contribution >= 0.6 is 0 Å². The number of rotatable bonds is 4. The first kappa shape index (κ1) is 23.9. The molecule has 2 fully saturated rings. The number of pyridine rings is 1. The van der Waals surface area contributed by atoms with Gasteiger partial charge in [-0.25, -0.2) is 4.98 Å². The fraction of sp³-hybridized carbons (Fsp3) is 0.500. The van der Waals surface area contributed by atoms with Crippen LogP contribution in [0.4, 0.5) is 5.69 Å². The molecule has 2 aromatic heterocycles. The van der Waals surface area contributed by atoms with Crippen molar-refractivity contribution >= 4 is 28.5 Å². The Hall–Kier alpha value is -3.46. The van der Waals surface area contributed by atoms with Gasteiger partial charge in [-0.15, -0.1) is 0 Å². The lowest BCUT2D eigenvalue weighted by molar-refractivity contribution is -0.134. The second-order valence-electron chi connectivity index (χ2n) is 10.7. The van der Waals surface area contributed by atoms with E-state index >= 15 is 0 Å². The summed E-state index contributed by atoms with van der Waals surface area (Å²) in [6.45, 7) is 2.48. The number of hydrogen-bond acceptors (Lipinski definition) is 6. The number of H-pyrrole nitrogens is 1. The number of hydrogen-bond donors (Lipinski definition) is 1. The van der Waals surface area contributed by atoms with Crippen molar-refractivity contribution in [1.82, 2.24) is 25.0 Å². The maximum absolute atomic E-state index is 13.5. The Kier molecular flexibility index (Phi) is 6.32. The Morgan fingerprint density at radius 3 is 2.92 bits per heavy atom. The third kappa shape index (κ3) is 4.92. The molecule has 1 saturated heterocycles. The van der Waals surface area contributed by atoms with Gasteiger partial charge in [-0.3, -0.25) is 19.6 Å². The van der Waals surface area contributed by atoms with E-state index < -0.39 is 0 Å². The van der Waals surface area contributed by atoms with Crippen LogP contribution in [0.2, 0.25) is 0 Å². The van der Waals surface area contributed by atoms with Crippen LogP contribution in [0.5, 0.6) is 5.75 Å². The topological polar surface area (TPSA) is 94.7 Å². The quantitative estimate of drug-likeness (QED) is 0.585. The average molecular weight is 505 g/mol. The number of fused-ring (bicyclic) bond motifs is 2. The maximum atomic E-state index is 13.5. The molecule has 2 amide bonds. The number of anilines is 1. The van der Waals surface area contributed by atoms with Crippen molar-refractivity contribution in [2.45, 2.75) is 56.6 Å². The van der Waals surface area contributed by atoms with E-state index in [1.807, 2.05) is 29.2 Å². The van der Waals surface area contributed by atoms with E-state index in [4.69, 9.17) is 4.74 Å². The highest BCUT2D eigenvalue weighted by Gasteiger charge is 2.50. The third-order valence-corrected chi connectivity index (χ3v) is 8.28. The zero-order chi connectivity index (χ0) is 25.4. The number of amides is 2. The molecule has 2 aliphatic heterocycles.